The van der Waals surface area contributed by atoms with Gasteiger partial charge in [0, 0.05) is 0 Å². The zero-order chi connectivity index (χ0) is 30.3. The van der Waals surface area contributed by atoms with Gasteiger partial charge in [-0.05, 0) is 89.0 Å². The van der Waals surface area contributed by atoms with E-state index in [9.17, 15) is 30.0 Å². The zero-order valence-electron chi connectivity index (χ0n) is 22.2. The van der Waals surface area contributed by atoms with Gasteiger partial charge in [0.25, 0.3) is 0 Å². The second-order valence-corrected chi connectivity index (χ2v) is 14.0. The highest BCUT2D eigenvalue weighted by Gasteiger charge is 2.46. The van der Waals surface area contributed by atoms with E-state index >= 15 is 0 Å². The van der Waals surface area contributed by atoms with E-state index in [1.54, 1.807) is 20.8 Å². The van der Waals surface area contributed by atoms with Gasteiger partial charge in [-0.25, -0.2) is 40.7 Å². The Bertz CT molecular complexity index is 1620. The van der Waals surface area contributed by atoms with E-state index in [1.807, 2.05) is 0 Å². The van der Waals surface area contributed by atoms with Crippen LogP contribution in [-0.2, 0) is 59.5 Å². The van der Waals surface area contributed by atoms with Crippen molar-refractivity contribution in [1.29, 1.82) is 0 Å². The SMILES string of the molecule is CCc1cc(S(N)(=O)=O)ccc1C(C(N)=O)(c1ccc(S(N)(=O)=O)cc1CC)c1ccc(S(N)(=O)=O)cc1CC. The molecule has 0 saturated heterocycles. The summed E-state index contributed by atoms with van der Waals surface area (Å²) in [6, 6.07) is 12.2. The summed E-state index contributed by atoms with van der Waals surface area (Å²) in [5, 5.41) is 16.1. The normalized spacial score (nSPS) is 12.8. The van der Waals surface area contributed by atoms with E-state index in [-0.39, 0.29) is 33.9 Å². The Kier molecular flexibility index (Phi) is 8.65. The molecule has 0 saturated carbocycles. The first kappa shape index (κ1) is 31.4. The molecule has 3 aromatic carbocycles. The number of primary amides is 1. The molecule has 40 heavy (non-hydrogen) atoms. The fraction of sp³-hybridized carbons (Fsp3) is 0.269. The van der Waals surface area contributed by atoms with Gasteiger partial charge in [-0.15, -0.1) is 0 Å². The number of amides is 1. The third-order valence-corrected chi connectivity index (χ3v) is 9.67. The second-order valence-electron chi connectivity index (χ2n) is 9.27. The van der Waals surface area contributed by atoms with Crippen LogP contribution in [0.25, 0.3) is 0 Å². The van der Waals surface area contributed by atoms with Crippen molar-refractivity contribution >= 4 is 36.0 Å². The molecule has 3 aromatic rings. The van der Waals surface area contributed by atoms with Crippen LogP contribution < -0.4 is 21.2 Å². The van der Waals surface area contributed by atoms with Gasteiger partial charge in [0.05, 0.1) is 14.7 Å². The van der Waals surface area contributed by atoms with Crippen molar-refractivity contribution in [3.8, 4) is 0 Å². The predicted octanol–water partition coefficient (Wildman–Crippen LogP) is 1.14. The van der Waals surface area contributed by atoms with Crippen LogP contribution in [0.2, 0.25) is 0 Å². The summed E-state index contributed by atoms with van der Waals surface area (Å²) < 4.78 is 72.9. The largest absolute Gasteiger partial charge is 0.368 e. The standard InChI is InChI=1S/C26H32N4O7S3/c1-4-16-13-19(38(28,32)33)7-10-22(16)26(25(27)31,23-11-8-20(39(29,34)35)14-17(23)5-2)24-12-9-21(40(30,36)37)15-18(24)6-3/h7-15H,4-6H2,1-3H3,(H2,27,31)(H2,28,32,33)(H2,29,34,35)(H2,30,36,37). The lowest BCUT2D eigenvalue weighted by Gasteiger charge is -2.37. The molecule has 8 N–H and O–H groups in total. The van der Waals surface area contributed by atoms with Crippen LogP contribution in [0.15, 0.2) is 69.3 Å². The average molecular weight is 609 g/mol. The van der Waals surface area contributed by atoms with Crippen LogP contribution in [0.5, 0.6) is 0 Å². The molecule has 0 aliphatic carbocycles. The number of hydrogen-bond acceptors (Lipinski definition) is 7. The minimum Gasteiger partial charge on any atom is -0.368 e. The molecule has 14 heteroatoms. The maximum absolute atomic E-state index is 13.9. The highest BCUT2D eigenvalue weighted by molar-refractivity contribution is 7.89. The predicted molar refractivity (Wildman–Crippen MR) is 151 cm³/mol. The molecule has 3 rings (SSSR count). The molecule has 0 spiro atoms. The first-order valence-corrected chi connectivity index (χ1v) is 16.8. The molecule has 1 amide bonds. The van der Waals surface area contributed by atoms with Crippen LogP contribution in [0.1, 0.15) is 54.2 Å². The Labute approximate surface area is 234 Å². The Morgan fingerprint density at radius 2 is 0.825 bits per heavy atom. The van der Waals surface area contributed by atoms with Crippen molar-refractivity contribution in [2.45, 2.75) is 60.1 Å². The first-order valence-electron chi connectivity index (χ1n) is 12.2. The quantitative estimate of drug-likeness (QED) is 0.245. The number of primary sulfonamides is 3. The van der Waals surface area contributed by atoms with E-state index < -0.39 is 41.4 Å². The van der Waals surface area contributed by atoms with Crippen molar-refractivity contribution in [1.82, 2.24) is 0 Å². The van der Waals surface area contributed by atoms with Gasteiger partial charge in [0.2, 0.25) is 36.0 Å². The summed E-state index contributed by atoms with van der Waals surface area (Å²) in [6.45, 7) is 5.27. The van der Waals surface area contributed by atoms with Crippen molar-refractivity contribution in [3.05, 3.63) is 88.0 Å². The van der Waals surface area contributed by atoms with Crippen molar-refractivity contribution in [3.63, 3.8) is 0 Å². The summed E-state index contributed by atoms with van der Waals surface area (Å²) >= 11 is 0. The number of benzene rings is 3. The minimum atomic E-state index is -4.09. The van der Waals surface area contributed by atoms with Gasteiger partial charge in [-0.1, -0.05) is 39.0 Å². The van der Waals surface area contributed by atoms with Gasteiger partial charge in [-0.3, -0.25) is 4.79 Å². The molecule has 0 unspecified atom stereocenters. The van der Waals surface area contributed by atoms with Gasteiger partial charge in [0.1, 0.15) is 5.41 Å². The summed E-state index contributed by atoms with van der Waals surface area (Å²) in [7, 11) is -12.3. The topological polar surface area (TPSA) is 224 Å². The summed E-state index contributed by atoms with van der Waals surface area (Å²) in [5.41, 5.74) is 6.70. The number of nitrogens with two attached hydrogens (primary N) is 4. The zero-order valence-corrected chi connectivity index (χ0v) is 24.7. The van der Waals surface area contributed by atoms with Crippen LogP contribution in [0.4, 0.5) is 0 Å². The van der Waals surface area contributed by atoms with E-state index in [2.05, 4.69) is 0 Å². The lowest BCUT2D eigenvalue weighted by atomic mass is 9.64. The Hall–Kier alpha value is -3.14. The van der Waals surface area contributed by atoms with Gasteiger partial charge < -0.3 is 5.73 Å². The first-order chi connectivity index (χ1) is 18.4. The highest BCUT2D eigenvalue weighted by atomic mass is 32.2. The summed E-state index contributed by atoms with van der Waals surface area (Å²) in [5.74, 6) is -0.860. The van der Waals surface area contributed by atoms with Crippen LogP contribution >= 0.6 is 0 Å². The van der Waals surface area contributed by atoms with Crippen molar-refractivity contribution < 1.29 is 30.0 Å². The Balaban J connectivity index is 2.65. The molecule has 0 fully saturated rings. The lowest BCUT2D eigenvalue weighted by molar-refractivity contribution is -0.121. The molecular formula is C26H32N4O7S3. The number of carbonyl (C=O) groups is 1. The third-order valence-electron chi connectivity index (χ3n) is 6.94. The number of carbonyl (C=O) groups excluding carboxylic acids is 1. The summed E-state index contributed by atoms with van der Waals surface area (Å²) in [4.78, 5) is 13.3. The maximum Gasteiger partial charge on any atom is 0.238 e. The molecule has 0 bridgehead atoms. The second kappa shape index (κ2) is 11.0. The van der Waals surface area contributed by atoms with Crippen molar-refractivity contribution in [2.24, 2.45) is 21.2 Å². The monoisotopic (exact) mass is 608 g/mol. The minimum absolute atomic E-state index is 0.174. The van der Waals surface area contributed by atoms with Crippen molar-refractivity contribution in [2.75, 3.05) is 0 Å². The molecule has 0 atom stereocenters. The molecule has 0 aliphatic heterocycles. The van der Waals surface area contributed by atoms with E-state index in [1.165, 1.54) is 54.6 Å². The highest BCUT2D eigenvalue weighted by Crippen LogP contribution is 2.45. The smallest absolute Gasteiger partial charge is 0.238 e. The van der Waals surface area contributed by atoms with Gasteiger partial charge in [0.15, 0.2) is 0 Å². The summed E-state index contributed by atoms with van der Waals surface area (Å²) in [6.07, 6.45) is 0.795. The molecule has 216 valence electrons. The Morgan fingerprint density at radius 1 is 0.575 bits per heavy atom. The molecule has 11 nitrogen and oxygen atoms in total. The average Bonchev–Trinajstić information content (AvgIpc) is 2.87. The molecule has 0 radical (unpaired) electrons. The molecular weight excluding hydrogens is 577 g/mol. The van der Waals surface area contributed by atoms with E-state index in [0.717, 1.165) is 0 Å². The Morgan fingerprint density at radius 3 is 1.00 bits per heavy atom. The van der Waals surface area contributed by atoms with Crippen LogP contribution in [0, 0.1) is 0 Å². The third kappa shape index (κ3) is 5.68. The van der Waals surface area contributed by atoms with Crippen LogP contribution in [-0.4, -0.2) is 31.2 Å². The molecule has 0 aromatic heterocycles. The number of aryl methyl sites for hydroxylation is 3. The molecule has 0 aliphatic rings. The van der Waals surface area contributed by atoms with E-state index in [0.29, 0.717) is 33.4 Å². The van der Waals surface area contributed by atoms with E-state index in [4.69, 9.17) is 21.2 Å². The lowest BCUT2D eigenvalue weighted by Crippen LogP contribution is -2.45. The van der Waals surface area contributed by atoms with Gasteiger partial charge >= 0.3 is 0 Å². The van der Waals surface area contributed by atoms with Crippen LogP contribution in [0.3, 0.4) is 0 Å². The fourth-order valence-electron chi connectivity index (χ4n) is 5.05. The maximum atomic E-state index is 13.9. The number of hydrogen-bond donors (Lipinski definition) is 4. The van der Waals surface area contributed by atoms with Gasteiger partial charge in [-0.2, -0.15) is 0 Å². The molecule has 0 heterocycles. The number of sulfonamides is 3. The fourth-order valence-corrected chi connectivity index (χ4v) is 6.74. The number of rotatable bonds is 10.